The van der Waals surface area contributed by atoms with Gasteiger partial charge in [0, 0.05) is 10.8 Å². The molecule has 0 aliphatic rings. The number of aryl methyl sites for hydroxylation is 1. The van der Waals surface area contributed by atoms with Crippen LogP contribution < -0.4 is 0 Å². The molecule has 1 aromatic heterocycles. The van der Waals surface area contributed by atoms with Crippen molar-refractivity contribution in [1.82, 2.24) is 4.98 Å². The molecule has 0 amide bonds. The fourth-order valence-corrected chi connectivity index (χ4v) is 2.50. The van der Waals surface area contributed by atoms with Crippen LogP contribution >= 0.6 is 0 Å². The lowest BCUT2D eigenvalue weighted by molar-refractivity contribution is 0.0603. The number of fused-ring (bicyclic) bond motifs is 2. The number of methoxy groups -OCH3 is 1. The molecular formula is C17H15NO2. The topological polar surface area (TPSA) is 39.2 Å². The van der Waals surface area contributed by atoms with Gasteiger partial charge >= 0.3 is 5.97 Å². The van der Waals surface area contributed by atoms with Crippen LogP contribution in [0.25, 0.3) is 21.8 Å². The van der Waals surface area contributed by atoms with Gasteiger partial charge in [0.1, 0.15) is 0 Å². The molecule has 3 heteroatoms. The highest BCUT2D eigenvalue weighted by Crippen LogP contribution is 2.26. The van der Waals surface area contributed by atoms with Gasteiger partial charge in [0.15, 0.2) is 0 Å². The molecule has 0 fully saturated rings. The molecule has 0 aliphatic carbocycles. The molecule has 0 N–H and O–H groups in total. The van der Waals surface area contributed by atoms with Crippen LogP contribution in [0.2, 0.25) is 0 Å². The molecule has 0 unspecified atom stereocenters. The molecule has 0 radical (unpaired) electrons. The molecule has 2 aromatic carbocycles. The molecule has 20 heavy (non-hydrogen) atoms. The van der Waals surface area contributed by atoms with Crippen molar-refractivity contribution in [2.45, 2.75) is 13.3 Å². The minimum atomic E-state index is -0.347. The average molecular weight is 265 g/mol. The number of nitrogens with zero attached hydrogens (tertiary/aromatic N) is 1. The van der Waals surface area contributed by atoms with Crippen molar-refractivity contribution < 1.29 is 9.53 Å². The van der Waals surface area contributed by atoms with Crippen LogP contribution in [0, 0.1) is 0 Å². The van der Waals surface area contributed by atoms with E-state index in [1.54, 1.807) is 6.07 Å². The van der Waals surface area contributed by atoms with E-state index in [-0.39, 0.29) is 5.97 Å². The molecule has 0 bridgehead atoms. The minimum absolute atomic E-state index is 0.347. The molecule has 0 spiro atoms. The predicted octanol–water partition coefficient (Wildman–Crippen LogP) is 3.74. The van der Waals surface area contributed by atoms with Gasteiger partial charge in [0.2, 0.25) is 0 Å². The highest BCUT2D eigenvalue weighted by Gasteiger charge is 2.14. The van der Waals surface area contributed by atoms with Crippen LogP contribution in [-0.2, 0) is 11.2 Å². The smallest absolute Gasteiger partial charge is 0.340 e. The van der Waals surface area contributed by atoms with Crippen LogP contribution in [0.3, 0.4) is 0 Å². The van der Waals surface area contributed by atoms with E-state index in [0.717, 1.165) is 28.2 Å². The molecule has 1 heterocycles. The third kappa shape index (κ3) is 1.92. The number of hydrogen-bond acceptors (Lipinski definition) is 3. The maximum Gasteiger partial charge on any atom is 0.340 e. The summed E-state index contributed by atoms with van der Waals surface area (Å²) in [5.74, 6) is -0.347. The summed E-state index contributed by atoms with van der Waals surface area (Å²) in [5, 5.41) is 2.10. The number of aromatic nitrogens is 1. The van der Waals surface area contributed by atoms with E-state index in [4.69, 9.17) is 4.74 Å². The van der Waals surface area contributed by atoms with Crippen LogP contribution in [0.1, 0.15) is 22.8 Å². The van der Waals surface area contributed by atoms with E-state index in [9.17, 15) is 4.79 Å². The summed E-state index contributed by atoms with van der Waals surface area (Å²) in [7, 11) is 1.39. The van der Waals surface area contributed by atoms with Crippen molar-refractivity contribution in [2.24, 2.45) is 0 Å². The number of rotatable bonds is 2. The van der Waals surface area contributed by atoms with Crippen molar-refractivity contribution in [3.63, 3.8) is 0 Å². The molecule has 0 saturated carbocycles. The van der Waals surface area contributed by atoms with Gasteiger partial charge in [-0.2, -0.15) is 0 Å². The third-order valence-electron chi connectivity index (χ3n) is 3.56. The largest absolute Gasteiger partial charge is 0.465 e. The van der Waals surface area contributed by atoms with Gasteiger partial charge in [-0.3, -0.25) is 0 Å². The first-order valence-electron chi connectivity index (χ1n) is 6.64. The normalized spacial score (nSPS) is 10.9. The number of pyridine rings is 1. The predicted molar refractivity (Wildman–Crippen MR) is 80.0 cm³/mol. The SMILES string of the molecule is CCc1ccc(C(=O)OC)c2nc3ccccc3cc12. The minimum Gasteiger partial charge on any atom is -0.465 e. The van der Waals surface area contributed by atoms with Crippen molar-refractivity contribution in [2.75, 3.05) is 7.11 Å². The zero-order chi connectivity index (χ0) is 14.1. The van der Waals surface area contributed by atoms with Gasteiger partial charge in [-0.25, -0.2) is 9.78 Å². The molecule has 0 atom stereocenters. The number of carbonyl (C=O) groups excluding carboxylic acids is 1. The number of benzene rings is 2. The molecule has 0 saturated heterocycles. The molecule has 3 aromatic rings. The van der Waals surface area contributed by atoms with Crippen LogP contribution in [0.15, 0.2) is 42.5 Å². The molecule has 3 nitrogen and oxygen atoms in total. The van der Waals surface area contributed by atoms with Crippen LogP contribution in [0.4, 0.5) is 0 Å². The molecular weight excluding hydrogens is 250 g/mol. The zero-order valence-corrected chi connectivity index (χ0v) is 11.5. The Morgan fingerprint density at radius 1 is 1.20 bits per heavy atom. The van der Waals surface area contributed by atoms with E-state index >= 15 is 0 Å². The standard InChI is InChI=1S/C17H15NO2/c1-3-11-8-9-13(17(19)20-2)16-14(11)10-12-6-4-5-7-15(12)18-16/h4-10H,3H2,1-2H3. The number of ether oxygens (including phenoxy) is 1. The van der Waals surface area contributed by atoms with E-state index in [1.807, 2.05) is 30.3 Å². The van der Waals surface area contributed by atoms with E-state index in [2.05, 4.69) is 18.0 Å². The second kappa shape index (κ2) is 4.93. The Balaban J connectivity index is 2.43. The second-order valence-electron chi connectivity index (χ2n) is 4.69. The van der Waals surface area contributed by atoms with E-state index in [1.165, 1.54) is 12.7 Å². The summed E-state index contributed by atoms with van der Waals surface area (Å²) >= 11 is 0. The van der Waals surface area contributed by atoms with Gasteiger partial charge in [-0.05, 0) is 30.2 Å². The Bertz CT molecular complexity index is 809. The Morgan fingerprint density at radius 2 is 2.00 bits per heavy atom. The lowest BCUT2D eigenvalue weighted by Gasteiger charge is -2.09. The Hall–Kier alpha value is -2.42. The highest BCUT2D eigenvalue weighted by molar-refractivity contribution is 6.06. The van der Waals surface area contributed by atoms with Crippen molar-refractivity contribution in [3.8, 4) is 0 Å². The van der Waals surface area contributed by atoms with E-state index < -0.39 is 0 Å². The molecule has 3 rings (SSSR count). The second-order valence-corrected chi connectivity index (χ2v) is 4.69. The third-order valence-corrected chi connectivity index (χ3v) is 3.56. The molecule has 100 valence electrons. The fraction of sp³-hybridized carbons (Fsp3) is 0.176. The van der Waals surface area contributed by atoms with Gasteiger partial charge in [0.05, 0.1) is 23.7 Å². The van der Waals surface area contributed by atoms with Crippen LogP contribution in [0.5, 0.6) is 0 Å². The Labute approximate surface area is 117 Å². The summed E-state index contributed by atoms with van der Waals surface area (Å²) in [5.41, 5.74) is 3.31. The summed E-state index contributed by atoms with van der Waals surface area (Å²) in [6.45, 7) is 2.10. The number of hydrogen-bond donors (Lipinski definition) is 0. The van der Waals surface area contributed by atoms with Crippen molar-refractivity contribution in [3.05, 3.63) is 53.6 Å². The first kappa shape index (κ1) is 12.6. The summed E-state index contributed by atoms with van der Waals surface area (Å²) in [6, 6.07) is 13.8. The van der Waals surface area contributed by atoms with Gasteiger partial charge in [-0.15, -0.1) is 0 Å². The zero-order valence-electron chi connectivity index (χ0n) is 11.5. The first-order valence-corrected chi connectivity index (χ1v) is 6.64. The number of carbonyl (C=O) groups is 1. The Kier molecular flexibility index (Phi) is 3.11. The monoisotopic (exact) mass is 265 g/mol. The van der Waals surface area contributed by atoms with Gasteiger partial charge in [-0.1, -0.05) is 31.2 Å². The molecule has 0 aliphatic heterocycles. The van der Waals surface area contributed by atoms with Gasteiger partial charge < -0.3 is 4.74 Å². The highest BCUT2D eigenvalue weighted by atomic mass is 16.5. The maximum absolute atomic E-state index is 11.9. The maximum atomic E-state index is 11.9. The summed E-state index contributed by atoms with van der Waals surface area (Å²) in [6.07, 6.45) is 0.901. The van der Waals surface area contributed by atoms with E-state index in [0.29, 0.717) is 5.56 Å². The number of esters is 1. The summed E-state index contributed by atoms with van der Waals surface area (Å²) < 4.78 is 4.85. The quantitative estimate of drug-likeness (QED) is 0.523. The van der Waals surface area contributed by atoms with Crippen molar-refractivity contribution >= 4 is 27.8 Å². The lowest BCUT2D eigenvalue weighted by Crippen LogP contribution is -2.04. The summed E-state index contributed by atoms with van der Waals surface area (Å²) in [4.78, 5) is 16.6. The fourth-order valence-electron chi connectivity index (χ4n) is 2.50. The van der Waals surface area contributed by atoms with Gasteiger partial charge in [0.25, 0.3) is 0 Å². The number of para-hydroxylation sites is 1. The Morgan fingerprint density at radius 3 is 2.75 bits per heavy atom. The van der Waals surface area contributed by atoms with Crippen LogP contribution in [-0.4, -0.2) is 18.1 Å². The average Bonchev–Trinajstić information content (AvgIpc) is 2.51. The first-order chi connectivity index (χ1) is 9.74. The van der Waals surface area contributed by atoms with Crippen molar-refractivity contribution in [1.29, 1.82) is 0 Å². The lowest BCUT2D eigenvalue weighted by atomic mass is 10.0.